The molecule has 0 unspecified atom stereocenters. The first-order valence-corrected chi connectivity index (χ1v) is 8.72. The van der Waals surface area contributed by atoms with Gasteiger partial charge in [0.05, 0.1) is 29.9 Å². The highest BCUT2D eigenvalue weighted by molar-refractivity contribution is 5.93. The summed E-state index contributed by atoms with van der Waals surface area (Å²) in [5.74, 6) is -0.355. The largest absolute Gasteiger partial charge is 0.451 e. The topological polar surface area (TPSA) is 72.4 Å². The molecule has 0 saturated heterocycles. The lowest BCUT2D eigenvalue weighted by atomic mass is 9.86. The first kappa shape index (κ1) is 17.5. The number of carbonyl (C=O) groups excluding carboxylic acids is 1. The van der Waals surface area contributed by atoms with Crippen molar-refractivity contribution in [3.63, 3.8) is 0 Å². The normalized spacial score (nSPS) is 20.4. The summed E-state index contributed by atoms with van der Waals surface area (Å²) in [5.41, 5.74) is 1.20. The van der Waals surface area contributed by atoms with Gasteiger partial charge < -0.3 is 13.7 Å². The summed E-state index contributed by atoms with van der Waals surface area (Å²) in [4.78, 5) is 23.7. The molecule has 2 heterocycles. The van der Waals surface area contributed by atoms with Crippen LogP contribution in [0.4, 0.5) is 4.39 Å². The number of oxazole rings is 2. The summed E-state index contributed by atoms with van der Waals surface area (Å²) in [5, 5.41) is 0. The smallest absolute Gasteiger partial charge is 0.234 e. The summed E-state index contributed by atoms with van der Waals surface area (Å²) in [6.07, 6.45) is 6.41. The van der Waals surface area contributed by atoms with Crippen LogP contribution >= 0.6 is 0 Å². The summed E-state index contributed by atoms with van der Waals surface area (Å²) < 4.78 is 23.5. The van der Waals surface area contributed by atoms with Gasteiger partial charge in [-0.05, 0) is 29.5 Å². The Bertz CT molecular complexity index is 884. The number of nitrogens with zero attached hydrogens (tertiary/aromatic N) is 3. The van der Waals surface area contributed by atoms with E-state index >= 15 is 0 Å². The van der Waals surface area contributed by atoms with E-state index < -0.39 is 5.41 Å². The van der Waals surface area contributed by atoms with E-state index in [0.29, 0.717) is 30.9 Å². The Morgan fingerprint density at radius 3 is 2.00 bits per heavy atom. The molecule has 7 heteroatoms. The molecule has 1 amide bonds. The highest BCUT2D eigenvalue weighted by atomic mass is 19.1. The molecule has 6 nitrogen and oxygen atoms in total. The Hall–Kier alpha value is -2.96. The minimum absolute atomic E-state index is 0.0369. The van der Waals surface area contributed by atoms with Gasteiger partial charge in [0.2, 0.25) is 5.91 Å². The molecule has 1 fully saturated rings. The van der Waals surface area contributed by atoms with Gasteiger partial charge in [-0.1, -0.05) is 26.0 Å². The van der Waals surface area contributed by atoms with E-state index in [1.165, 1.54) is 37.4 Å². The average molecular weight is 369 g/mol. The minimum Gasteiger partial charge on any atom is -0.451 e. The third-order valence-electron chi connectivity index (χ3n) is 5.40. The Labute approximate surface area is 156 Å². The number of hydrogen-bond donors (Lipinski definition) is 0. The highest BCUT2D eigenvalue weighted by Crippen LogP contribution is 2.65. The van der Waals surface area contributed by atoms with Gasteiger partial charge in [0.15, 0.2) is 12.8 Å². The maximum absolute atomic E-state index is 13.7. The van der Waals surface area contributed by atoms with E-state index in [0.717, 1.165) is 5.56 Å². The molecule has 1 aromatic carbocycles. The summed E-state index contributed by atoms with van der Waals surface area (Å²) in [7, 11) is 0. The van der Waals surface area contributed by atoms with Crippen LogP contribution in [-0.4, -0.2) is 20.8 Å². The number of amides is 1. The molecule has 0 bridgehead atoms. The van der Waals surface area contributed by atoms with Crippen LogP contribution in [0.2, 0.25) is 0 Å². The van der Waals surface area contributed by atoms with Gasteiger partial charge >= 0.3 is 0 Å². The van der Waals surface area contributed by atoms with Crippen LogP contribution in [0, 0.1) is 11.2 Å². The fraction of sp³-hybridized carbons (Fsp3) is 0.350. The first-order valence-electron chi connectivity index (χ1n) is 8.72. The van der Waals surface area contributed by atoms with E-state index in [4.69, 9.17) is 8.83 Å². The van der Waals surface area contributed by atoms with Crippen molar-refractivity contribution < 1.29 is 18.0 Å². The molecule has 0 aliphatic heterocycles. The lowest BCUT2D eigenvalue weighted by molar-refractivity contribution is -0.136. The van der Waals surface area contributed by atoms with Crippen LogP contribution in [0.15, 0.2) is 58.4 Å². The number of carbonyl (C=O) groups is 1. The third kappa shape index (κ3) is 3.03. The second-order valence-electron chi connectivity index (χ2n) is 7.59. The molecule has 0 N–H and O–H groups in total. The van der Waals surface area contributed by atoms with Gasteiger partial charge in [0.1, 0.15) is 18.3 Å². The zero-order valence-corrected chi connectivity index (χ0v) is 15.2. The molecule has 4 rings (SSSR count). The van der Waals surface area contributed by atoms with Crippen molar-refractivity contribution in [2.24, 2.45) is 5.41 Å². The summed E-state index contributed by atoms with van der Waals surface area (Å²) in [6, 6.07) is 6.20. The standard InChI is InChI=1S/C20H20FN3O3/c1-19(2)11-20(19,14-3-5-15(21)6-4-14)18(25)24(7-16-9-26-12-22-16)8-17-10-27-13-23-17/h3-6,9-10,12-13H,7-8,11H2,1-2H3/t20-/m1/s1. The number of rotatable bonds is 6. The van der Waals surface area contributed by atoms with Crippen LogP contribution in [0.1, 0.15) is 37.2 Å². The molecule has 1 aliphatic carbocycles. The SMILES string of the molecule is CC1(C)C[C@]1(C(=O)N(Cc1cocn1)Cc1cocn1)c1ccc(F)cc1. The molecule has 0 spiro atoms. The zero-order chi connectivity index (χ0) is 19.1. The highest BCUT2D eigenvalue weighted by Gasteiger charge is 2.68. The predicted octanol–water partition coefficient (Wildman–Crippen LogP) is 3.70. The number of benzene rings is 1. The van der Waals surface area contributed by atoms with Crippen molar-refractivity contribution in [2.45, 2.75) is 38.8 Å². The molecule has 27 heavy (non-hydrogen) atoms. The van der Waals surface area contributed by atoms with Gasteiger partial charge in [-0.2, -0.15) is 0 Å². The lowest BCUT2D eigenvalue weighted by Gasteiger charge is -2.29. The molecular formula is C20H20FN3O3. The third-order valence-corrected chi connectivity index (χ3v) is 5.40. The fourth-order valence-electron chi connectivity index (χ4n) is 3.83. The molecular weight excluding hydrogens is 349 g/mol. The summed E-state index contributed by atoms with van der Waals surface area (Å²) >= 11 is 0. The second kappa shape index (κ2) is 6.33. The molecule has 140 valence electrons. The summed E-state index contributed by atoms with van der Waals surface area (Å²) in [6.45, 7) is 4.69. The van der Waals surface area contributed by atoms with Crippen molar-refractivity contribution in [3.05, 3.63) is 72.3 Å². The Balaban J connectivity index is 1.69. The maximum Gasteiger partial charge on any atom is 0.234 e. The van der Waals surface area contributed by atoms with Gasteiger partial charge in [-0.3, -0.25) is 4.79 Å². The first-order chi connectivity index (χ1) is 12.9. The number of aromatic nitrogens is 2. The quantitative estimate of drug-likeness (QED) is 0.662. The molecule has 3 aromatic rings. The molecule has 1 saturated carbocycles. The second-order valence-corrected chi connectivity index (χ2v) is 7.59. The van der Waals surface area contributed by atoms with Gasteiger partial charge in [0, 0.05) is 0 Å². The maximum atomic E-state index is 13.7. The lowest BCUT2D eigenvalue weighted by Crippen LogP contribution is -2.41. The predicted molar refractivity (Wildman–Crippen MR) is 93.7 cm³/mol. The number of halogens is 1. The van der Waals surface area contributed by atoms with Crippen LogP contribution in [0.25, 0.3) is 0 Å². The minimum atomic E-state index is -0.700. The van der Waals surface area contributed by atoms with E-state index in [9.17, 15) is 9.18 Å². The van der Waals surface area contributed by atoms with Crippen LogP contribution < -0.4 is 0 Å². The fourth-order valence-corrected chi connectivity index (χ4v) is 3.83. The average Bonchev–Trinajstić information content (AvgIpc) is 3.10. The van der Waals surface area contributed by atoms with Gasteiger partial charge in [-0.25, -0.2) is 14.4 Å². The Morgan fingerprint density at radius 2 is 1.59 bits per heavy atom. The van der Waals surface area contributed by atoms with Crippen molar-refractivity contribution in [1.82, 2.24) is 14.9 Å². The van der Waals surface area contributed by atoms with Crippen molar-refractivity contribution in [1.29, 1.82) is 0 Å². The van der Waals surface area contributed by atoms with E-state index in [1.54, 1.807) is 17.0 Å². The number of hydrogen-bond acceptors (Lipinski definition) is 5. The molecule has 1 aliphatic rings. The van der Waals surface area contributed by atoms with Crippen LogP contribution in [-0.2, 0) is 23.3 Å². The molecule has 1 atom stereocenters. The van der Waals surface area contributed by atoms with Crippen LogP contribution in [0.3, 0.4) is 0 Å². The molecule has 0 radical (unpaired) electrons. The zero-order valence-electron chi connectivity index (χ0n) is 15.2. The van der Waals surface area contributed by atoms with Gasteiger partial charge in [0.25, 0.3) is 0 Å². The van der Waals surface area contributed by atoms with Crippen LogP contribution in [0.5, 0.6) is 0 Å². The van der Waals surface area contributed by atoms with Crippen molar-refractivity contribution in [3.8, 4) is 0 Å². The van der Waals surface area contributed by atoms with Gasteiger partial charge in [-0.15, -0.1) is 0 Å². The van der Waals surface area contributed by atoms with E-state index in [-0.39, 0.29) is 17.1 Å². The van der Waals surface area contributed by atoms with E-state index in [2.05, 4.69) is 23.8 Å². The van der Waals surface area contributed by atoms with Crippen molar-refractivity contribution >= 4 is 5.91 Å². The monoisotopic (exact) mass is 369 g/mol. The Morgan fingerprint density at radius 1 is 1.07 bits per heavy atom. The van der Waals surface area contributed by atoms with Crippen molar-refractivity contribution in [2.75, 3.05) is 0 Å². The molecule has 2 aromatic heterocycles. The Kier molecular flexibility index (Phi) is 4.09. The van der Waals surface area contributed by atoms with E-state index in [1.807, 2.05) is 0 Å².